The maximum absolute atomic E-state index is 12.5. The van der Waals surface area contributed by atoms with Crippen molar-refractivity contribution in [2.45, 2.75) is 52.3 Å². The Hall–Kier alpha value is -1.49. The summed E-state index contributed by atoms with van der Waals surface area (Å²) < 4.78 is 0. The summed E-state index contributed by atoms with van der Waals surface area (Å²) in [6.45, 7) is 9.32. The van der Waals surface area contributed by atoms with Crippen molar-refractivity contribution in [3.05, 3.63) is 34.9 Å². The topological polar surface area (TPSA) is 49.4 Å². The molecule has 0 aromatic heterocycles. The molecule has 0 bridgehead atoms. The van der Waals surface area contributed by atoms with Crippen LogP contribution >= 0.6 is 11.8 Å². The van der Waals surface area contributed by atoms with Gasteiger partial charge in [0.1, 0.15) is 0 Å². The number of hydrogen-bond acceptors (Lipinski definition) is 3. The second-order valence-corrected chi connectivity index (χ2v) is 8.13. The second kappa shape index (κ2) is 9.27. The van der Waals surface area contributed by atoms with E-state index >= 15 is 0 Å². The Morgan fingerprint density at radius 2 is 1.88 bits per heavy atom. The van der Waals surface area contributed by atoms with E-state index in [4.69, 9.17) is 0 Å². The molecule has 1 N–H and O–H groups in total. The van der Waals surface area contributed by atoms with Crippen LogP contribution in [0.5, 0.6) is 0 Å². The van der Waals surface area contributed by atoms with Crippen LogP contribution in [0.2, 0.25) is 0 Å². The fraction of sp³-hybridized carbons (Fsp3) is 0.600. The van der Waals surface area contributed by atoms with Gasteiger partial charge in [-0.3, -0.25) is 9.59 Å². The van der Waals surface area contributed by atoms with Gasteiger partial charge in [-0.1, -0.05) is 42.7 Å². The normalized spacial score (nSPS) is 19.9. The molecule has 0 radical (unpaired) electrons. The summed E-state index contributed by atoms with van der Waals surface area (Å²) in [6, 6.07) is 6.64. The number of aryl methyl sites for hydroxylation is 2. The number of benzene rings is 1. The lowest BCUT2D eigenvalue weighted by atomic mass is 9.98. The molecule has 0 aliphatic carbocycles. The Balaban J connectivity index is 1.84. The third kappa shape index (κ3) is 6.07. The van der Waals surface area contributed by atoms with Gasteiger partial charge in [0, 0.05) is 25.8 Å². The van der Waals surface area contributed by atoms with Gasteiger partial charge in [0.05, 0.1) is 11.8 Å². The highest BCUT2D eigenvalue weighted by molar-refractivity contribution is 7.99. The maximum Gasteiger partial charge on any atom is 0.232 e. The highest BCUT2D eigenvalue weighted by atomic mass is 32.2. The fourth-order valence-corrected chi connectivity index (χ4v) is 4.52. The number of rotatable bonds is 7. The molecule has 2 amide bonds. The van der Waals surface area contributed by atoms with Crippen LogP contribution in [-0.4, -0.2) is 41.6 Å². The van der Waals surface area contributed by atoms with Gasteiger partial charge in [0.2, 0.25) is 11.8 Å². The molecule has 1 fully saturated rings. The van der Waals surface area contributed by atoms with E-state index in [1.54, 1.807) is 18.7 Å². The van der Waals surface area contributed by atoms with Crippen molar-refractivity contribution in [3.8, 4) is 0 Å². The van der Waals surface area contributed by atoms with Crippen molar-refractivity contribution in [2.24, 2.45) is 5.92 Å². The molecule has 2 rings (SSSR count). The van der Waals surface area contributed by atoms with Crippen LogP contribution in [0.3, 0.4) is 0 Å². The van der Waals surface area contributed by atoms with Gasteiger partial charge in [-0.05, 0) is 31.7 Å². The van der Waals surface area contributed by atoms with E-state index in [0.29, 0.717) is 18.2 Å². The summed E-state index contributed by atoms with van der Waals surface area (Å²) in [5.74, 6) is 1.91. The summed E-state index contributed by atoms with van der Waals surface area (Å²) >= 11 is 1.67. The Morgan fingerprint density at radius 3 is 2.48 bits per heavy atom. The molecule has 0 spiro atoms. The summed E-state index contributed by atoms with van der Waals surface area (Å²) in [7, 11) is 0. The lowest BCUT2D eigenvalue weighted by Gasteiger charge is -2.17. The molecule has 138 valence electrons. The number of nitrogens with zero attached hydrogens (tertiary/aromatic N) is 1. The van der Waals surface area contributed by atoms with Gasteiger partial charge in [-0.15, -0.1) is 11.8 Å². The smallest absolute Gasteiger partial charge is 0.232 e. The summed E-state index contributed by atoms with van der Waals surface area (Å²) in [5, 5.41) is 3.02. The quantitative estimate of drug-likeness (QED) is 0.810. The molecule has 1 heterocycles. The number of carbonyl (C=O) groups excluding carboxylic acids is 2. The molecule has 2 atom stereocenters. The number of amides is 2. The Morgan fingerprint density at radius 1 is 1.20 bits per heavy atom. The lowest BCUT2D eigenvalue weighted by Crippen LogP contribution is -2.40. The number of hydrogen-bond donors (Lipinski definition) is 1. The molecule has 1 aromatic carbocycles. The third-order valence-corrected chi connectivity index (χ3v) is 5.61. The average molecular weight is 363 g/mol. The zero-order chi connectivity index (χ0) is 18.4. The van der Waals surface area contributed by atoms with Crippen molar-refractivity contribution < 1.29 is 9.59 Å². The minimum absolute atomic E-state index is 0.00963. The second-order valence-electron chi connectivity index (χ2n) is 7.14. The van der Waals surface area contributed by atoms with E-state index in [1.807, 2.05) is 4.90 Å². The highest BCUT2D eigenvalue weighted by Gasteiger charge is 2.34. The maximum atomic E-state index is 12.5. The molecule has 0 unspecified atom stereocenters. The van der Waals surface area contributed by atoms with Gasteiger partial charge in [0.15, 0.2) is 0 Å². The van der Waals surface area contributed by atoms with Gasteiger partial charge in [0.25, 0.3) is 0 Å². The zero-order valence-electron chi connectivity index (χ0n) is 15.8. The van der Waals surface area contributed by atoms with Crippen LogP contribution in [0.4, 0.5) is 0 Å². The van der Waals surface area contributed by atoms with E-state index in [2.05, 4.69) is 44.3 Å². The van der Waals surface area contributed by atoms with Gasteiger partial charge in [-0.2, -0.15) is 0 Å². The molecule has 25 heavy (non-hydrogen) atoms. The molecule has 1 saturated heterocycles. The van der Waals surface area contributed by atoms with Crippen molar-refractivity contribution >= 4 is 23.6 Å². The Labute approximate surface area is 155 Å². The van der Waals surface area contributed by atoms with Crippen molar-refractivity contribution in [1.82, 2.24) is 10.2 Å². The first-order valence-corrected chi connectivity index (χ1v) is 10.2. The first kappa shape index (κ1) is 19.8. The standard InChI is InChI=1S/C20H30N2O2S/c1-5-6-18-10-22(11-19(18)21-16(4)23)20(24)13-25-12-17-8-14(2)7-15(3)9-17/h7-9,18-19H,5-6,10-13H2,1-4H3,(H,21,23)/t18-,19-/m1/s1. The Bertz CT molecular complexity index is 597. The molecule has 5 heteroatoms. The van der Waals surface area contributed by atoms with Crippen LogP contribution < -0.4 is 5.32 Å². The molecular weight excluding hydrogens is 332 g/mol. The number of likely N-dealkylation sites (tertiary alicyclic amines) is 1. The van der Waals surface area contributed by atoms with Gasteiger partial charge in [-0.25, -0.2) is 0 Å². The average Bonchev–Trinajstić information content (AvgIpc) is 2.89. The largest absolute Gasteiger partial charge is 0.351 e. The molecule has 1 aliphatic heterocycles. The van der Waals surface area contributed by atoms with E-state index in [1.165, 1.54) is 16.7 Å². The van der Waals surface area contributed by atoms with E-state index in [-0.39, 0.29) is 17.9 Å². The third-order valence-electron chi connectivity index (χ3n) is 4.62. The van der Waals surface area contributed by atoms with Crippen molar-refractivity contribution in [3.63, 3.8) is 0 Å². The summed E-state index contributed by atoms with van der Waals surface area (Å²) in [4.78, 5) is 25.9. The van der Waals surface area contributed by atoms with E-state index < -0.39 is 0 Å². The number of thioether (sulfide) groups is 1. The highest BCUT2D eigenvalue weighted by Crippen LogP contribution is 2.23. The van der Waals surface area contributed by atoms with Crippen molar-refractivity contribution in [1.29, 1.82) is 0 Å². The summed E-state index contributed by atoms with van der Waals surface area (Å²) in [5.41, 5.74) is 3.81. The zero-order valence-corrected chi connectivity index (χ0v) is 16.6. The van der Waals surface area contributed by atoms with Crippen LogP contribution in [-0.2, 0) is 15.3 Å². The molecule has 4 nitrogen and oxygen atoms in total. The van der Waals surface area contributed by atoms with Gasteiger partial charge < -0.3 is 10.2 Å². The molecule has 1 aromatic rings. The predicted octanol–water partition coefficient (Wildman–Crippen LogP) is 3.30. The van der Waals surface area contributed by atoms with E-state index in [0.717, 1.165) is 25.1 Å². The van der Waals surface area contributed by atoms with Crippen LogP contribution in [0.15, 0.2) is 18.2 Å². The first-order valence-electron chi connectivity index (χ1n) is 9.08. The minimum atomic E-state index is -0.00963. The number of carbonyl (C=O) groups is 2. The molecule has 1 aliphatic rings. The first-order chi connectivity index (χ1) is 11.9. The predicted molar refractivity (Wildman–Crippen MR) is 105 cm³/mol. The van der Waals surface area contributed by atoms with Crippen LogP contribution in [0.1, 0.15) is 43.4 Å². The fourth-order valence-electron chi connectivity index (χ4n) is 3.66. The van der Waals surface area contributed by atoms with Crippen LogP contribution in [0, 0.1) is 19.8 Å². The van der Waals surface area contributed by atoms with E-state index in [9.17, 15) is 9.59 Å². The lowest BCUT2D eigenvalue weighted by molar-refractivity contribution is -0.127. The SMILES string of the molecule is CCC[C@@H]1CN(C(=O)CSCc2cc(C)cc(C)c2)C[C@H]1NC(C)=O. The Kier molecular flexibility index (Phi) is 7.36. The molecular formula is C20H30N2O2S. The summed E-state index contributed by atoms with van der Waals surface area (Å²) in [6.07, 6.45) is 2.12. The van der Waals surface area contributed by atoms with Gasteiger partial charge >= 0.3 is 0 Å². The monoisotopic (exact) mass is 362 g/mol. The van der Waals surface area contributed by atoms with Crippen LogP contribution in [0.25, 0.3) is 0 Å². The van der Waals surface area contributed by atoms with Crippen molar-refractivity contribution in [2.75, 3.05) is 18.8 Å². The number of nitrogens with one attached hydrogen (secondary N) is 1. The molecule has 0 saturated carbocycles. The minimum Gasteiger partial charge on any atom is -0.351 e.